The minimum atomic E-state index is -4.75. The van der Waals surface area contributed by atoms with Gasteiger partial charge < -0.3 is 14.7 Å². The zero-order chi connectivity index (χ0) is 32.6. The Kier molecular flexibility index (Phi) is 9.81. The van der Waals surface area contributed by atoms with E-state index < -0.39 is 7.82 Å². The van der Waals surface area contributed by atoms with Crippen molar-refractivity contribution in [2.45, 2.75) is 20.8 Å². The van der Waals surface area contributed by atoms with E-state index >= 15 is 0 Å². The van der Waals surface area contributed by atoms with Gasteiger partial charge in [0.05, 0.1) is 0 Å². The number of phosphoric acid groups is 1. The molecule has 0 aliphatic carbocycles. The van der Waals surface area contributed by atoms with Gasteiger partial charge in [-0.3, -0.25) is 0 Å². The predicted molar refractivity (Wildman–Crippen MR) is 183 cm³/mol. The van der Waals surface area contributed by atoms with Crippen LogP contribution in [0.4, 0.5) is 0 Å². The van der Waals surface area contributed by atoms with Gasteiger partial charge in [0, 0.05) is 16.7 Å². The first kappa shape index (κ1) is 31.8. The Morgan fingerprint density at radius 3 is 0.936 bits per heavy atom. The van der Waals surface area contributed by atoms with Crippen LogP contribution < -0.4 is 14.7 Å². The van der Waals surface area contributed by atoms with Crippen LogP contribution in [0.25, 0.3) is 33.4 Å². The SMILES string of the molecule is Cc1ccc(OOP(=O)(OOc2ccc(C)cc2-c2ccccc2)OOc2ccc(C)cc2-c2ccccc2)c(-c2ccccc2)c1. The number of hydrogen-bond donors (Lipinski definition) is 0. The fourth-order valence-electron chi connectivity index (χ4n) is 4.97. The minimum Gasteiger partial charge on any atom is -0.326 e. The highest BCUT2D eigenvalue weighted by Gasteiger charge is 2.36. The molecule has 6 rings (SSSR count). The van der Waals surface area contributed by atoms with Gasteiger partial charge in [0.25, 0.3) is 0 Å². The van der Waals surface area contributed by atoms with Gasteiger partial charge >= 0.3 is 7.82 Å². The molecular weight excluding hydrogens is 611 g/mol. The average molecular weight is 645 g/mol. The molecule has 0 N–H and O–H groups in total. The molecular formula is C39H33O7P. The predicted octanol–water partition coefficient (Wildman–Crippen LogP) is 11.1. The van der Waals surface area contributed by atoms with Crippen LogP contribution in [0.3, 0.4) is 0 Å². The molecule has 0 saturated heterocycles. The van der Waals surface area contributed by atoms with Gasteiger partial charge in [-0.15, -0.1) is 0 Å². The molecule has 0 radical (unpaired) electrons. The smallest absolute Gasteiger partial charge is 0.326 e. The Bertz CT molecular complexity index is 1770. The van der Waals surface area contributed by atoms with Crippen LogP contribution in [0.1, 0.15) is 16.7 Å². The second-order valence-corrected chi connectivity index (χ2v) is 12.4. The summed E-state index contributed by atoms with van der Waals surface area (Å²) in [5, 5.41) is 0. The van der Waals surface area contributed by atoms with E-state index in [1.165, 1.54) is 0 Å². The van der Waals surface area contributed by atoms with E-state index in [-0.39, 0.29) is 17.2 Å². The molecule has 0 aliphatic heterocycles. The lowest BCUT2D eigenvalue weighted by Gasteiger charge is -2.18. The molecule has 6 aromatic carbocycles. The largest absolute Gasteiger partial charge is 0.583 e. The van der Waals surface area contributed by atoms with Crippen molar-refractivity contribution in [1.29, 1.82) is 0 Å². The first-order chi connectivity index (χ1) is 22.9. The van der Waals surface area contributed by atoms with Crippen molar-refractivity contribution < 1.29 is 33.3 Å². The van der Waals surface area contributed by atoms with Crippen LogP contribution in [0.2, 0.25) is 0 Å². The molecule has 236 valence electrons. The topological polar surface area (TPSA) is 72.5 Å². The standard InChI is InChI=1S/C39H33O7P/c1-28-19-22-37(34(25-28)31-13-7-4-8-14-31)41-44-47(40,45-42-38-23-20-29(2)26-35(38)32-15-9-5-10-16-32)46-43-39-24-21-30(3)27-36(39)33-17-11-6-12-18-33/h4-27H,1-3H3. The molecule has 0 fully saturated rings. The summed E-state index contributed by atoms with van der Waals surface area (Å²) in [4.78, 5) is 17.1. The summed E-state index contributed by atoms with van der Waals surface area (Å²) in [7, 11) is -4.75. The van der Waals surface area contributed by atoms with Gasteiger partial charge in [0.2, 0.25) is 0 Å². The number of aryl methyl sites for hydroxylation is 3. The summed E-state index contributed by atoms with van der Waals surface area (Å²) in [5.41, 5.74) is 7.77. The normalized spacial score (nSPS) is 11.2. The fourth-order valence-corrected chi connectivity index (χ4v) is 5.56. The molecule has 0 heterocycles. The molecule has 0 bridgehead atoms. The van der Waals surface area contributed by atoms with Gasteiger partial charge in [0.15, 0.2) is 17.2 Å². The van der Waals surface area contributed by atoms with Crippen LogP contribution in [0, 0.1) is 20.8 Å². The summed E-state index contributed by atoms with van der Waals surface area (Å²) in [6.07, 6.45) is 0. The maximum Gasteiger partial charge on any atom is 0.583 e. The van der Waals surface area contributed by atoms with Crippen LogP contribution in [-0.4, -0.2) is 0 Å². The third kappa shape index (κ3) is 7.98. The Morgan fingerprint density at radius 2 is 0.660 bits per heavy atom. The molecule has 0 aromatic heterocycles. The van der Waals surface area contributed by atoms with Crippen LogP contribution in [0.15, 0.2) is 146 Å². The van der Waals surface area contributed by atoms with E-state index in [0.29, 0.717) is 16.7 Å². The van der Waals surface area contributed by atoms with Crippen molar-refractivity contribution in [3.05, 3.63) is 162 Å². The highest BCUT2D eigenvalue weighted by molar-refractivity contribution is 7.48. The number of rotatable bonds is 12. The third-order valence-electron chi connectivity index (χ3n) is 7.31. The lowest BCUT2D eigenvalue weighted by atomic mass is 10.0. The number of hydrogen-bond acceptors (Lipinski definition) is 7. The molecule has 8 heteroatoms. The number of benzene rings is 6. The molecule has 0 aliphatic rings. The van der Waals surface area contributed by atoms with Crippen LogP contribution >= 0.6 is 7.82 Å². The monoisotopic (exact) mass is 644 g/mol. The molecule has 0 unspecified atom stereocenters. The Hall–Kier alpha value is -5.17. The van der Waals surface area contributed by atoms with Gasteiger partial charge in [0.1, 0.15) is 0 Å². The highest BCUT2D eigenvalue weighted by Crippen LogP contribution is 2.52. The second kappa shape index (κ2) is 14.5. The van der Waals surface area contributed by atoms with E-state index in [2.05, 4.69) is 0 Å². The van der Waals surface area contributed by atoms with Crippen molar-refractivity contribution >= 4 is 7.82 Å². The van der Waals surface area contributed by atoms with E-state index in [1.807, 2.05) is 148 Å². The third-order valence-corrected chi connectivity index (χ3v) is 8.09. The second-order valence-electron chi connectivity index (χ2n) is 11.0. The Balaban J connectivity index is 1.31. The van der Waals surface area contributed by atoms with Crippen molar-refractivity contribution in [1.82, 2.24) is 0 Å². The molecule has 47 heavy (non-hydrogen) atoms. The van der Waals surface area contributed by atoms with Crippen LogP contribution in [-0.2, 0) is 18.6 Å². The van der Waals surface area contributed by atoms with E-state index in [9.17, 15) is 4.57 Å². The van der Waals surface area contributed by atoms with E-state index in [4.69, 9.17) is 28.7 Å². The maximum atomic E-state index is 14.2. The van der Waals surface area contributed by atoms with Crippen LogP contribution in [0.5, 0.6) is 17.2 Å². The fraction of sp³-hybridized carbons (Fsp3) is 0.0769. The van der Waals surface area contributed by atoms with E-state index in [0.717, 1.165) is 33.4 Å². The molecule has 6 aromatic rings. The van der Waals surface area contributed by atoms with Crippen molar-refractivity contribution in [3.63, 3.8) is 0 Å². The summed E-state index contributed by atoms with van der Waals surface area (Å²) in [6.45, 7) is 5.90. The molecule has 7 nitrogen and oxygen atoms in total. The first-order valence-electron chi connectivity index (χ1n) is 15.0. The molecule has 0 atom stereocenters. The van der Waals surface area contributed by atoms with Crippen molar-refractivity contribution in [2.75, 3.05) is 0 Å². The molecule has 0 amide bonds. The lowest BCUT2D eigenvalue weighted by molar-refractivity contribution is -0.237. The quantitative estimate of drug-likeness (QED) is 0.0745. The zero-order valence-electron chi connectivity index (χ0n) is 26.2. The van der Waals surface area contributed by atoms with Gasteiger partial charge in [-0.25, -0.2) is 4.57 Å². The highest BCUT2D eigenvalue weighted by atomic mass is 31.2. The Morgan fingerprint density at radius 1 is 0.383 bits per heavy atom. The van der Waals surface area contributed by atoms with Gasteiger partial charge in [-0.1, -0.05) is 140 Å². The maximum absolute atomic E-state index is 14.2. The Labute approximate surface area is 274 Å². The average Bonchev–Trinajstić information content (AvgIpc) is 3.11. The molecule has 0 saturated carbocycles. The summed E-state index contributed by atoms with van der Waals surface area (Å²) < 4.78 is 30.6. The first-order valence-corrected chi connectivity index (χ1v) is 16.5. The van der Waals surface area contributed by atoms with Gasteiger partial charge in [-0.2, -0.15) is 0 Å². The minimum absolute atomic E-state index is 0.287. The zero-order valence-corrected chi connectivity index (χ0v) is 27.1. The van der Waals surface area contributed by atoms with Gasteiger partial charge in [-0.05, 0) is 73.9 Å². The summed E-state index contributed by atoms with van der Waals surface area (Å²) in [5.74, 6) is 0.861. The van der Waals surface area contributed by atoms with Crippen molar-refractivity contribution in [3.8, 4) is 50.6 Å². The summed E-state index contributed by atoms with van der Waals surface area (Å²) in [6, 6.07) is 45.4. The molecule has 0 spiro atoms. The lowest BCUT2D eigenvalue weighted by Crippen LogP contribution is -2.09. The van der Waals surface area contributed by atoms with Crippen molar-refractivity contribution in [2.24, 2.45) is 0 Å². The van der Waals surface area contributed by atoms with E-state index in [1.54, 1.807) is 18.2 Å². The summed E-state index contributed by atoms with van der Waals surface area (Å²) >= 11 is 0.